The second-order valence-corrected chi connectivity index (χ2v) is 6.36. The lowest BCUT2D eigenvalue weighted by Crippen LogP contribution is -2.49. The molecule has 0 aliphatic heterocycles. The fraction of sp³-hybridized carbons (Fsp3) is 0.933. The summed E-state index contributed by atoms with van der Waals surface area (Å²) in [5.74, 6) is 0.172. The predicted molar refractivity (Wildman–Crippen MR) is 74.6 cm³/mol. The van der Waals surface area contributed by atoms with Gasteiger partial charge in [-0.25, -0.2) is 0 Å². The molecule has 21 heavy (non-hydrogen) atoms. The van der Waals surface area contributed by atoms with E-state index >= 15 is 0 Å². The van der Waals surface area contributed by atoms with Gasteiger partial charge < -0.3 is 0 Å². The first-order valence-corrected chi connectivity index (χ1v) is 7.86. The van der Waals surface area contributed by atoms with Crippen molar-refractivity contribution in [3.63, 3.8) is 0 Å². The molecule has 1 N–H and O–H groups in total. The summed E-state index contributed by atoms with van der Waals surface area (Å²) in [7, 11) is 0. The Morgan fingerprint density at radius 2 is 2.05 bits per heavy atom. The van der Waals surface area contributed by atoms with Gasteiger partial charge >= 0.3 is 6.18 Å². The molecule has 0 radical (unpaired) electrons. The largest absolute Gasteiger partial charge is 0.401 e. The van der Waals surface area contributed by atoms with Crippen LogP contribution in [0, 0.1) is 17.2 Å². The van der Waals surface area contributed by atoms with Crippen molar-refractivity contribution in [2.24, 2.45) is 5.92 Å². The van der Waals surface area contributed by atoms with Crippen molar-refractivity contribution in [2.45, 2.75) is 63.2 Å². The standard InChI is InChI=1S/C15H24F3N3/c1-2-21(11-15(16,17)18)9-7-12-4-3-8-14(12,10-19)20-13-5-6-13/h12-13,20H,2-9,11H2,1H3. The number of hydrogen-bond donors (Lipinski definition) is 1. The van der Waals surface area contributed by atoms with Gasteiger partial charge in [0.15, 0.2) is 0 Å². The van der Waals surface area contributed by atoms with Crippen LogP contribution in [0.15, 0.2) is 0 Å². The molecule has 2 atom stereocenters. The van der Waals surface area contributed by atoms with Gasteiger partial charge in [-0.1, -0.05) is 13.3 Å². The Hall–Kier alpha value is -0.800. The molecule has 2 aliphatic rings. The van der Waals surface area contributed by atoms with Crippen LogP contribution in [0.2, 0.25) is 0 Å². The molecular weight excluding hydrogens is 279 g/mol. The molecule has 2 aliphatic carbocycles. The molecule has 0 aromatic heterocycles. The summed E-state index contributed by atoms with van der Waals surface area (Å²) >= 11 is 0. The number of alkyl halides is 3. The Morgan fingerprint density at radius 1 is 1.33 bits per heavy atom. The van der Waals surface area contributed by atoms with Gasteiger partial charge in [0.25, 0.3) is 0 Å². The summed E-state index contributed by atoms with van der Waals surface area (Å²) in [5.41, 5.74) is -0.501. The third-order valence-corrected chi connectivity index (χ3v) is 4.70. The molecule has 2 fully saturated rings. The smallest absolute Gasteiger partial charge is 0.296 e. The van der Waals surface area contributed by atoms with Crippen molar-refractivity contribution in [3.05, 3.63) is 0 Å². The summed E-state index contributed by atoms with van der Waals surface area (Å²) in [6.07, 6.45) is 1.51. The summed E-state index contributed by atoms with van der Waals surface area (Å²) in [6.45, 7) is 1.70. The summed E-state index contributed by atoms with van der Waals surface area (Å²) in [5, 5.41) is 13.0. The van der Waals surface area contributed by atoms with Crippen LogP contribution in [0.4, 0.5) is 13.2 Å². The van der Waals surface area contributed by atoms with Gasteiger partial charge in [0.1, 0.15) is 5.54 Å². The zero-order valence-electron chi connectivity index (χ0n) is 12.5. The fourth-order valence-electron chi connectivity index (χ4n) is 3.37. The summed E-state index contributed by atoms with van der Waals surface area (Å²) in [6, 6.07) is 2.88. The van der Waals surface area contributed by atoms with E-state index < -0.39 is 18.3 Å². The van der Waals surface area contributed by atoms with Crippen molar-refractivity contribution in [1.82, 2.24) is 10.2 Å². The SMILES string of the molecule is CCN(CCC1CCCC1(C#N)NC1CC1)CC(F)(F)F. The molecule has 3 nitrogen and oxygen atoms in total. The Morgan fingerprint density at radius 3 is 2.57 bits per heavy atom. The average molecular weight is 303 g/mol. The molecule has 0 amide bonds. The van der Waals surface area contributed by atoms with Gasteiger partial charge in [-0.2, -0.15) is 18.4 Å². The molecule has 2 saturated carbocycles. The molecule has 0 aromatic carbocycles. The van der Waals surface area contributed by atoms with E-state index in [0.29, 0.717) is 25.6 Å². The molecular formula is C15H24F3N3. The van der Waals surface area contributed by atoms with Gasteiger partial charge in [-0.3, -0.25) is 10.2 Å². The van der Waals surface area contributed by atoms with Gasteiger partial charge in [0.2, 0.25) is 0 Å². The first kappa shape index (κ1) is 16.6. The number of nitrogens with one attached hydrogen (secondary N) is 1. The molecule has 6 heteroatoms. The summed E-state index contributed by atoms with van der Waals surface area (Å²) < 4.78 is 37.5. The fourth-order valence-corrected chi connectivity index (χ4v) is 3.37. The highest BCUT2D eigenvalue weighted by atomic mass is 19.4. The minimum Gasteiger partial charge on any atom is -0.296 e. The molecule has 0 bridgehead atoms. The molecule has 0 spiro atoms. The van der Waals surface area contributed by atoms with Crippen molar-refractivity contribution in [2.75, 3.05) is 19.6 Å². The molecule has 0 aromatic rings. The van der Waals surface area contributed by atoms with E-state index in [9.17, 15) is 18.4 Å². The van der Waals surface area contributed by atoms with Gasteiger partial charge in [-0.15, -0.1) is 0 Å². The lowest BCUT2D eigenvalue weighted by atomic mass is 9.85. The number of nitriles is 1. The van der Waals surface area contributed by atoms with Crippen LogP contribution in [0.5, 0.6) is 0 Å². The molecule has 120 valence electrons. The van der Waals surface area contributed by atoms with E-state index in [-0.39, 0.29) is 5.92 Å². The normalized spacial score (nSPS) is 29.8. The van der Waals surface area contributed by atoms with Crippen molar-refractivity contribution in [1.29, 1.82) is 5.26 Å². The van der Waals surface area contributed by atoms with Gasteiger partial charge in [-0.05, 0) is 51.1 Å². The van der Waals surface area contributed by atoms with E-state index in [1.807, 2.05) is 0 Å². The maximum absolute atomic E-state index is 12.5. The van der Waals surface area contributed by atoms with Crippen LogP contribution >= 0.6 is 0 Å². The third kappa shape index (κ3) is 4.58. The Bertz CT molecular complexity index is 387. The Kier molecular flexibility index (Phi) is 5.15. The van der Waals surface area contributed by atoms with Gasteiger partial charge in [0, 0.05) is 6.04 Å². The zero-order chi connectivity index (χ0) is 15.5. The predicted octanol–water partition coefficient (Wildman–Crippen LogP) is 3.08. The second-order valence-electron chi connectivity index (χ2n) is 6.36. The first-order chi connectivity index (χ1) is 9.88. The van der Waals surface area contributed by atoms with Crippen LogP contribution < -0.4 is 5.32 Å². The quantitative estimate of drug-likeness (QED) is 0.785. The average Bonchev–Trinajstić information content (AvgIpc) is 3.13. The van der Waals surface area contributed by atoms with E-state index in [2.05, 4.69) is 11.4 Å². The first-order valence-electron chi connectivity index (χ1n) is 7.86. The monoisotopic (exact) mass is 303 g/mol. The van der Waals surface area contributed by atoms with Crippen molar-refractivity contribution in [3.8, 4) is 6.07 Å². The van der Waals surface area contributed by atoms with Crippen molar-refractivity contribution < 1.29 is 13.2 Å². The second kappa shape index (κ2) is 6.53. The van der Waals surface area contributed by atoms with Gasteiger partial charge in [0.05, 0.1) is 12.6 Å². The van der Waals surface area contributed by atoms with Crippen molar-refractivity contribution >= 4 is 0 Å². The van der Waals surface area contributed by atoms with E-state index in [1.165, 1.54) is 4.90 Å². The molecule has 2 rings (SSSR count). The molecule has 0 heterocycles. The molecule has 2 unspecified atom stereocenters. The van der Waals surface area contributed by atoms with Crippen LogP contribution in [0.3, 0.4) is 0 Å². The highest BCUT2D eigenvalue weighted by Gasteiger charge is 2.46. The Labute approximate surface area is 124 Å². The highest BCUT2D eigenvalue weighted by Crippen LogP contribution is 2.40. The minimum absolute atomic E-state index is 0.172. The molecule has 0 saturated heterocycles. The summed E-state index contributed by atoms with van der Waals surface area (Å²) in [4.78, 5) is 1.43. The maximum atomic E-state index is 12.5. The zero-order valence-corrected chi connectivity index (χ0v) is 12.5. The number of halogens is 3. The minimum atomic E-state index is -4.15. The highest BCUT2D eigenvalue weighted by molar-refractivity contribution is 5.16. The number of nitrogens with zero attached hydrogens (tertiary/aromatic N) is 2. The number of rotatable bonds is 7. The lowest BCUT2D eigenvalue weighted by Gasteiger charge is -2.32. The topological polar surface area (TPSA) is 39.1 Å². The van der Waals surface area contributed by atoms with E-state index in [4.69, 9.17) is 0 Å². The van der Waals surface area contributed by atoms with Crippen LogP contribution in [-0.2, 0) is 0 Å². The van der Waals surface area contributed by atoms with Crippen LogP contribution in [0.25, 0.3) is 0 Å². The lowest BCUT2D eigenvalue weighted by molar-refractivity contribution is -0.145. The van der Waals surface area contributed by atoms with Crippen LogP contribution in [0.1, 0.15) is 45.4 Å². The number of hydrogen-bond acceptors (Lipinski definition) is 3. The maximum Gasteiger partial charge on any atom is 0.401 e. The van der Waals surface area contributed by atoms with Crippen LogP contribution in [-0.4, -0.2) is 42.3 Å². The van der Waals surface area contributed by atoms with E-state index in [0.717, 1.165) is 32.1 Å². The van der Waals surface area contributed by atoms with E-state index in [1.54, 1.807) is 6.92 Å². The Balaban J connectivity index is 1.89. The third-order valence-electron chi connectivity index (χ3n) is 4.70.